The molecule has 0 unspecified atom stereocenters. The minimum atomic E-state index is 0.984. The normalized spacial score (nSPS) is 13.0. The Balaban J connectivity index is 3.61. The van der Waals surface area contributed by atoms with Crippen molar-refractivity contribution in [3.05, 3.63) is 11.6 Å². The van der Waals surface area contributed by atoms with Crippen LogP contribution in [-0.2, 0) is 0 Å². The molecule has 0 spiro atoms. The van der Waals surface area contributed by atoms with Gasteiger partial charge in [0, 0.05) is 0 Å². The van der Waals surface area contributed by atoms with Gasteiger partial charge in [0.25, 0.3) is 0 Å². The first kappa shape index (κ1) is 7.21. The maximum atomic E-state index is 7.99. The van der Waals surface area contributed by atoms with Gasteiger partial charge in [0.05, 0.1) is 6.21 Å². The van der Waals surface area contributed by atoms with Crippen molar-refractivity contribution >= 4 is 6.21 Å². The number of hydrogen-bond acceptors (Lipinski definition) is 2. The maximum Gasteiger partial charge on any atom is 0.0687 e. The molecule has 0 fully saturated rings. The predicted octanol–water partition coefficient (Wildman–Crippen LogP) is 1.80. The molecule has 0 aromatic carbocycles. The Morgan fingerprint density at radius 2 is 2.38 bits per heavy atom. The van der Waals surface area contributed by atoms with Crippen LogP contribution in [0.5, 0.6) is 0 Å². The monoisotopic (exact) mass is 113 g/mol. The van der Waals surface area contributed by atoms with E-state index in [9.17, 15) is 0 Å². The summed E-state index contributed by atoms with van der Waals surface area (Å²) >= 11 is 0. The molecule has 0 rings (SSSR count). The first-order valence-electron chi connectivity index (χ1n) is 2.65. The highest BCUT2D eigenvalue weighted by molar-refractivity contribution is 5.76. The molecule has 0 amide bonds. The predicted molar refractivity (Wildman–Crippen MR) is 34.3 cm³/mol. The van der Waals surface area contributed by atoms with Gasteiger partial charge in [0.1, 0.15) is 0 Å². The Morgan fingerprint density at radius 1 is 1.75 bits per heavy atom. The van der Waals surface area contributed by atoms with Crippen LogP contribution in [0.2, 0.25) is 0 Å². The molecular formula is C6H11NO. The quantitative estimate of drug-likeness (QED) is 0.330. The van der Waals surface area contributed by atoms with Crippen LogP contribution >= 0.6 is 0 Å². The fourth-order valence-corrected chi connectivity index (χ4v) is 0.466. The van der Waals surface area contributed by atoms with Crippen molar-refractivity contribution in [2.45, 2.75) is 20.3 Å². The third kappa shape index (κ3) is 3.40. The zero-order chi connectivity index (χ0) is 6.41. The van der Waals surface area contributed by atoms with Crippen molar-refractivity contribution in [3.8, 4) is 0 Å². The number of rotatable bonds is 2. The Bertz CT molecular complexity index is 105. The summed E-state index contributed by atoms with van der Waals surface area (Å²) in [7, 11) is 0. The second kappa shape index (κ2) is 4.37. The molecule has 0 heterocycles. The van der Waals surface area contributed by atoms with Crippen molar-refractivity contribution in [1.82, 2.24) is 0 Å². The van der Waals surface area contributed by atoms with E-state index in [0.717, 1.165) is 12.0 Å². The first-order valence-corrected chi connectivity index (χ1v) is 2.65. The Morgan fingerprint density at radius 3 is 2.75 bits per heavy atom. The van der Waals surface area contributed by atoms with E-state index < -0.39 is 0 Å². The molecule has 2 nitrogen and oxygen atoms in total. The van der Waals surface area contributed by atoms with Crippen LogP contribution in [0.15, 0.2) is 16.8 Å². The third-order valence-electron chi connectivity index (χ3n) is 0.787. The summed E-state index contributed by atoms with van der Waals surface area (Å²) in [6.07, 6.45) is 4.39. The van der Waals surface area contributed by atoms with Gasteiger partial charge >= 0.3 is 0 Å². The Hall–Kier alpha value is -0.790. The van der Waals surface area contributed by atoms with Crippen LogP contribution in [0.3, 0.4) is 0 Å². The van der Waals surface area contributed by atoms with Crippen LogP contribution in [0.25, 0.3) is 0 Å². The van der Waals surface area contributed by atoms with E-state index in [4.69, 9.17) is 5.21 Å². The minimum absolute atomic E-state index is 0.984. The molecule has 46 valence electrons. The molecular weight excluding hydrogens is 102 g/mol. The minimum Gasteiger partial charge on any atom is -0.411 e. The fourth-order valence-electron chi connectivity index (χ4n) is 0.466. The molecule has 0 radical (unpaired) electrons. The molecule has 0 aromatic rings. The molecule has 0 saturated carbocycles. The van der Waals surface area contributed by atoms with Gasteiger partial charge in [0.15, 0.2) is 0 Å². The summed E-state index contributed by atoms with van der Waals surface area (Å²) in [6, 6.07) is 0. The van der Waals surface area contributed by atoms with E-state index in [0.29, 0.717) is 0 Å². The van der Waals surface area contributed by atoms with Crippen LogP contribution in [-0.4, -0.2) is 11.4 Å². The van der Waals surface area contributed by atoms with Crippen LogP contribution < -0.4 is 0 Å². The van der Waals surface area contributed by atoms with Crippen LogP contribution in [0.1, 0.15) is 20.3 Å². The highest BCUT2D eigenvalue weighted by Gasteiger charge is 1.76. The Labute approximate surface area is 49.5 Å². The van der Waals surface area contributed by atoms with E-state index in [1.165, 1.54) is 6.21 Å². The molecule has 0 atom stereocenters. The molecule has 0 aromatic heterocycles. The van der Waals surface area contributed by atoms with Gasteiger partial charge < -0.3 is 5.21 Å². The number of allylic oxidation sites excluding steroid dienone is 2. The molecule has 0 aliphatic heterocycles. The lowest BCUT2D eigenvalue weighted by Crippen LogP contribution is -1.74. The zero-order valence-electron chi connectivity index (χ0n) is 5.26. The lowest BCUT2D eigenvalue weighted by molar-refractivity contribution is 0.321. The Kier molecular flexibility index (Phi) is 3.94. The summed E-state index contributed by atoms with van der Waals surface area (Å²) in [5.41, 5.74) is 0.995. The van der Waals surface area contributed by atoms with Crippen molar-refractivity contribution in [2.75, 3.05) is 0 Å². The first-order chi connectivity index (χ1) is 3.81. The van der Waals surface area contributed by atoms with Gasteiger partial charge in [-0.2, -0.15) is 0 Å². The molecule has 1 N–H and O–H groups in total. The highest BCUT2D eigenvalue weighted by atomic mass is 16.4. The van der Waals surface area contributed by atoms with E-state index in [2.05, 4.69) is 5.16 Å². The average molecular weight is 113 g/mol. The smallest absolute Gasteiger partial charge is 0.0687 e. The summed E-state index contributed by atoms with van der Waals surface area (Å²) in [6.45, 7) is 3.93. The van der Waals surface area contributed by atoms with Crippen molar-refractivity contribution in [2.24, 2.45) is 5.16 Å². The summed E-state index contributed by atoms with van der Waals surface area (Å²) in [4.78, 5) is 0. The third-order valence-corrected chi connectivity index (χ3v) is 0.787. The molecule has 0 aliphatic rings. The summed E-state index contributed by atoms with van der Waals surface area (Å²) in [5.74, 6) is 0. The van der Waals surface area contributed by atoms with Gasteiger partial charge in [-0.1, -0.05) is 18.2 Å². The molecule has 2 heteroatoms. The van der Waals surface area contributed by atoms with Gasteiger partial charge in [-0.15, -0.1) is 0 Å². The number of hydrogen-bond donors (Lipinski definition) is 1. The second-order valence-electron chi connectivity index (χ2n) is 1.60. The van der Waals surface area contributed by atoms with Gasteiger partial charge in [-0.25, -0.2) is 0 Å². The zero-order valence-corrected chi connectivity index (χ0v) is 5.26. The highest BCUT2D eigenvalue weighted by Crippen LogP contribution is 1.88. The molecule has 0 saturated heterocycles. The van der Waals surface area contributed by atoms with E-state index >= 15 is 0 Å². The molecule has 0 aliphatic carbocycles. The van der Waals surface area contributed by atoms with Crippen molar-refractivity contribution in [1.29, 1.82) is 0 Å². The second-order valence-corrected chi connectivity index (χ2v) is 1.60. The summed E-state index contributed by atoms with van der Waals surface area (Å²) in [5, 5.41) is 10.9. The van der Waals surface area contributed by atoms with Crippen LogP contribution in [0, 0.1) is 0 Å². The van der Waals surface area contributed by atoms with Crippen molar-refractivity contribution < 1.29 is 5.21 Å². The standard InChI is InChI=1S/C6H11NO/c1-3-4-6(2)5-7-8/h4-5,8H,3H2,1-2H3. The van der Waals surface area contributed by atoms with Crippen molar-refractivity contribution in [3.63, 3.8) is 0 Å². The largest absolute Gasteiger partial charge is 0.411 e. The van der Waals surface area contributed by atoms with Gasteiger partial charge in [-0.05, 0) is 18.9 Å². The fraction of sp³-hybridized carbons (Fsp3) is 0.500. The van der Waals surface area contributed by atoms with E-state index in [1.54, 1.807) is 0 Å². The summed E-state index contributed by atoms with van der Waals surface area (Å²) < 4.78 is 0. The van der Waals surface area contributed by atoms with Crippen LogP contribution in [0.4, 0.5) is 0 Å². The topological polar surface area (TPSA) is 32.6 Å². The SMILES string of the molecule is CCC=C(C)C=NO. The lowest BCUT2D eigenvalue weighted by Gasteiger charge is -1.83. The van der Waals surface area contributed by atoms with E-state index in [-0.39, 0.29) is 0 Å². The molecule has 0 bridgehead atoms. The maximum absolute atomic E-state index is 7.99. The average Bonchev–Trinajstić information content (AvgIpc) is 1.68. The number of oxime groups is 1. The van der Waals surface area contributed by atoms with E-state index in [1.807, 2.05) is 19.9 Å². The van der Waals surface area contributed by atoms with Gasteiger partial charge in [0.2, 0.25) is 0 Å². The lowest BCUT2D eigenvalue weighted by atomic mass is 10.3. The van der Waals surface area contributed by atoms with Gasteiger partial charge in [-0.3, -0.25) is 0 Å². The molecule has 8 heavy (non-hydrogen) atoms. The number of nitrogens with zero attached hydrogens (tertiary/aromatic N) is 1.